The van der Waals surface area contributed by atoms with Gasteiger partial charge in [-0.25, -0.2) is 9.78 Å². The van der Waals surface area contributed by atoms with E-state index in [1.54, 1.807) is 7.11 Å². The van der Waals surface area contributed by atoms with E-state index in [9.17, 15) is 4.79 Å². The molecule has 6 heteroatoms. The molecule has 0 bridgehead atoms. The number of para-hydroxylation sites is 1. The maximum absolute atomic E-state index is 12.1. The summed E-state index contributed by atoms with van der Waals surface area (Å²) in [5.74, 6) is 0.874. The molecular formula is C18H26N4O2. The summed E-state index contributed by atoms with van der Waals surface area (Å²) in [5.41, 5.74) is 1.97. The molecule has 1 heterocycles. The van der Waals surface area contributed by atoms with Crippen molar-refractivity contribution in [2.24, 2.45) is 0 Å². The number of anilines is 1. The lowest BCUT2D eigenvalue weighted by Crippen LogP contribution is -2.40. The molecule has 0 saturated heterocycles. The average molecular weight is 330 g/mol. The molecule has 0 radical (unpaired) electrons. The molecule has 0 fully saturated rings. The predicted molar refractivity (Wildman–Crippen MR) is 97.4 cm³/mol. The zero-order chi connectivity index (χ0) is 17.5. The number of amides is 2. The van der Waals surface area contributed by atoms with Gasteiger partial charge in [0.2, 0.25) is 0 Å². The maximum Gasteiger partial charge on any atom is 0.315 e. The van der Waals surface area contributed by atoms with Gasteiger partial charge in [0.15, 0.2) is 0 Å². The van der Waals surface area contributed by atoms with E-state index in [0.29, 0.717) is 13.2 Å². The molecule has 130 valence electrons. The molecule has 0 aliphatic heterocycles. The highest BCUT2D eigenvalue weighted by Gasteiger charge is 2.10. The molecule has 1 aromatic heterocycles. The number of fused-ring (bicyclic) bond motifs is 1. The summed E-state index contributed by atoms with van der Waals surface area (Å²) in [7, 11) is 5.57. The molecule has 0 aliphatic carbocycles. The Morgan fingerprint density at radius 3 is 2.79 bits per heavy atom. The summed E-state index contributed by atoms with van der Waals surface area (Å²) >= 11 is 0. The van der Waals surface area contributed by atoms with E-state index in [4.69, 9.17) is 4.74 Å². The van der Waals surface area contributed by atoms with Crippen molar-refractivity contribution in [2.45, 2.75) is 25.9 Å². The van der Waals surface area contributed by atoms with Crippen LogP contribution in [0.2, 0.25) is 0 Å². The maximum atomic E-state index is 12.1. The fourth-order valence-electron chi connectivity index (χ4n) is 2.42. The van der Waals surface area contributed by atoms with Crippen LogP contribution in [-0.2, 0) is 11.3 Å². The Balaban J connectivity index is 2.07. The molecule has 2 amide bonds. The van der Waals surface area contributed by atoms with Gasteiger partial charge in [-0.1, -0.05) is 18.2 Å². The van der Waals surface area contributed by atoms with Crippen molar-refractivity contribution < 1.29 is 9.53 Å². The smallest absolute Gasteiger partial charge is 0.315 e. The van der Waals surface area contributed by atoms with E-state index < -0.39 is 0 Å². The Kier molecular flexibility index (Phi) is 6.37. The molecule has 1 atom stereocenters. The first-order valence-electron chi connectivity index (χ1n) is 8.10. The van der Waals surface area contributed by atoms with Gasteiger partial charge in [0.25, 0.3) is 0 Å². The first-order chi connectivity index (χ1) is 11.5. The van der Waals surface area contributed by atoms with Gasteiger partial charge in [-0.3, -0.25) is 0 Å². The van der Waals surface area contributed by atoms with E-state index in [0.717, 1.165) is 28.7 Å². The van der Waals surface area contributed by atoms with Crippen molar-refractivity contribution in [3.05, 3.63) is 35.9 Å². The highest BCUT2D eigenvalue weighted by molar-refractivity contribution is 5.84. The largest absolute Gasteiger partial charge is 0.385 e. The van der Waals surface area contributed by atoms with Crippen LogP contribution < -0.4 is 15.5 Å². The van der Waals surface area contributed by atoms with Crippen LogP contribution >= 0.6 is 0 Å². The molecule has 24 heavy (non-hydrogen) atoms. The number of pyridine rings is 1. The number of carbonyl (C=O) groups is 1. The Labute approximate surface area is 143 Å². The zero-order valence-electron chi connectivity index (χ0n) is 14.8. The number of hydrogen-bond donors (Lipinski definition) is 2. The van der Waals surface area contributed by atoms with Gasteiger partial charge in [0, 0.05) is 45.8 Å². The summed E-state index contributed by atoms with van der Waals surface area (Å²) in [6.45, 7) is 3.04. The molecule has 0 spiro atoms. The monoisotopic (exact) mass is 330 g/mol. The van der Waals surface area contributed by atoms with Crippen LogP contribution in [0.15, 0.2) is 30.3 Å². The fourth-order valence-corrected chi connectivity index (χ4v) is 2.42. The molecule has 0 aliphatic rings. The lowest BCUT2D eigenvalue weighted by atomic mass is 10.1. The number of rotatable bonds is 7. The minimum atomic E-state index is -0.175. The lowest BCUT2D eigenvalue weighted by molar-refractivity contribution is 0.184. The van der Waals surface area contributed by atoms with Crippen LogP contribution in [0.5, 0.6) is 0 Å². The fraction of sp³-hybridized carbons (Fsp3) is 0.444. The van der Waals surface area contributed by atoms with Gasteiger partial charge in [0.05, 0.1) is 5.52 Å². The van der Waals surface area contributed by atoms with Crippen molar-refractivity contribution in [2.75, 3.05) is 32.7 Å². The topological polar surface area (TPSA) is 66.5 Å². The highest BCUT2D eigenvalue weighted by Crippen LogP contribution is 2.21. The molecule has 2 rings (SSSR count). The second-order valence-electron chi connectivity index (χ2n) is 6.06. The standard InChI is InChI=1S/C18H26N4O2/c1-13(9-10-24-4)20-18(23)19-12-14-11-17(22(2)3)21-16-8-6-5-7-15(14)16/h5-8,11,13H,9-10,12H2,1-4H3,(H2,19,20,23). The third-order valence-electron chi connectivity index (χ3n) is 3.82. The Bertz CT molecular complexity index is 688. The van der Waals surface area contributed by atoms with Gasteiger partial charge < -0.3 is 20.3 Å². The van der Waals surface area contributed by atoms with E-state index in [2.05, 4.69) is 15.6 Å². The number of hydrogen-bond acceptors (Lipinski definition) is 4. The van der Waals surface area contributed by atoms with Gasteiger partial charge in [-0.15, -0.1) is 0 Å². The van der Waals surface area contributed by atoms with Gasteiger partial charge in [-0.2, -0.15) is 0 Å². The molecule has 1 aromatic carbocycles. The molecule has 6 nitrogen and oxygen atoms in total. The van der Waals surface area contributed by atoms with E-state index in [1.165, 1.54) is 0 Å². The van der Waals surface area contributed by atoms with Gasteiger partial charge in [-0.05, 0) is 31.0 Å². The highest BCUT2D eigenvalue weighted by atomic mass is 16.5. The Morgan fingerprint density at radius 1 is 1.33 bits per heavy atom. The minimum Gasteiger partial charge on any atom is -0.385 e. The quantitative estimate of drug-likeness (QED) is 0.819. The molecule has 2 N–H and O–H groups in total. The summed E-state index contributed by atoms with van der Waals surface area (Å²) in [6.07, 6.45) is 0.785. The number of aromatic nitrogens is 1. The SMILES string of the molecule is COCCC(C)NC(=O)NCc1cc(N(C)C)nc2ccccc12. The minimum absolute atomic E-state index is 0.0662. The Morgan fingerprint density at radius 2 is 2.08 bits per heavy atom. The number of methoxy groups -OCH3 is 1. The van der Waals surface area contributed by atoms with Crippen LogP contribution in [0.4, 0.5) is 10.6 Å². The number of ether oxygens (including phenoxy) is 1. The van der Waals surface area contributed by atoms with Crippen molar-refractivity contribution >= 4 is 22.8 Å². The van der Waals surface area contributed by atoms with Crippen molar-refractivity contribution in [1.82, 2.24) is 15.6 Å². The van der Waals surface area contributed by atoms with Crippen molar-refractivity contribution in [3.8, 4) is 0 Å². The molecule has 0 saturated carbocycles. The van der Waals surface area contributed by atoms with Crippen molar-refractivity contribution in [1.29, 1.82) is 0 Å². The van der Waals surface area contributed by atoms with Crippen molar-refractivity contribution in [3.63, 3.8) is 0 Å². The first-order valence-corrected chi connectivity index (χ1v) is 8.10. The third-order valence-corrected chi connectivity index (χ3v) is 3.82. The number of carbonyl (C=O) groups excluding carboxylic acids is 1. The summed E-state index contributed by atoms with van der Waals surface area (Å²) in [6, 6.07) is 9.86. The lowest BCUT2D eigenvalue weighted by Gasteiger charge is -2.17. The predicted octanol–water partition coefficient (Wildman–Crippen LogP) is 2.53. The van der Waals surface area contributed by atoms with Crippen LogP contribution in [0.1, 0.15) is 18.9 Å². The molecular weight excluding hydrogens is 304 g/mol. The average Bonchev–Trinajstić information content (AvgIpc) is 2.57. The number of urea groups is 1. The third kappa shape index (κ3) is 4.83. The first kappa shape index (κ1) is 18.0. The van der Waals surface area contributed by atoms with E-state index in [-0.39, 0.29) is 12.1 Å². The summed E-state index contributed by atoms with van der Waals surface area (Å²) < 4.78 is 5.02. The van der Waals surface area contributed by atoms with Crippen LogP contribution in [-0.4, -0.2) is 44.9 Å². The van der Waals surface area contributed by atoms with E-state index in [1.807, 2.05) is 56.3 Å². The second-order valence-corrected chi connectivity index (χ2v) is 6.06. The van der Waals surface area contributed by atoms with Gasteiger partial charge >= 0.3 is 6.03 Å². The zero-order valence-corrected chi connectivity index (χ0v) is 14.8. The normalized spacial score (nSPS) is 12.0. The number of benzene rings is 1. The molecule has 1 unspecified atom stereocenters. The Hall–Kier alpha value is -2.34. The van der Waals surface area contributed by atoms with Crippen LogP contribution in [0.3, 0.4) is 0 Å². The number of nitrogens with zero attached hydrogens (tertiary/aromatic N) is 2. The van der Waals surface area contributed by atoms with Gasteiger partial charge in [0.1, 0.15) is 5.82 Å². The molecule has 2 aromatic rings. The second kappa shape index (κ2) is 8.49. The van der Waals surface area contributed by atoms with Crippen LogP contribution in [0, 0.1) is 0 Å². The number of nitrogens with one attached hydrogen (secondary N) is 2. The van der Waals surface area contributed by atoms with Crippen LogP contribution in [0.25, 0.3) is 10.9 Å². The summed E-state index contributed by atoms with van der Waals surface area (Å²) in [5, 5.41) is 6.89. The van der Waals surface area contributed by atoms with E-state index >= 15 is 0 Å². The summed E-state index contributed by atoms with van der Waals surface area (Å²) in [4.78, 5) is 18.6.